The highest BCUT2D eigenvalue weighted by molar-refractivity contribution is 7.85. The van der Waals surface area contributed by atoms with Crippen LogP contribution in [0, 0.1) is 0 Å². The molecule has 2 N–H and O–H groups in total. The van der Waals surface area contributed by atoms with Crippen molar-refractivity contribution in [3.63, 3.8) is 0 Å². The molecule has 9 heteroatoms. The summed E-state index contributed by atoms with van der Waals surface area (Å²) < 4.78 is 32.1. The molecule has 112 valence electrons. The van der Waals surface area contributed by atoms with Crippen molar-refractivity contribution >= 4 is 10.1 Å². The number of aromatic nitrogens is 1. The number of hydrogen-bond donors (Lipinski definition) is 2. The summed E-state index contributed by atoms with van der Waals surface area (Å²) in [6.07, 6.45) is 1.34. The summed E-state index contributed by atoms with van der Waals surface area (Å²) >= 11 is 0. The number of piperazine rings is 1. The van der Waals surface area contributed by atoms with E-state index >= 15 is 0 Å². The van der Waals surface area contributed by atoms with Gasteiger partial charge in [0.1, 0.15) is 4.90 Å². The van der Waals surface area contributed by atoms with Crippen molar-refractivity contribution in [1.29, 1.82) is 0 Å². The van der Waals surface area contributed by atoms with Crippen LogP contribution in [-0.4, -0.2) is 67.0 Å². The minimum atomic E-state index is -4.36. The van der Waals surface area contributed by atoms with Crippen LogP contribution in [0.1, 0.15) is 0 Å². The molecular weight excluding hydrogens is 286 g/mol. The number of aliphatic hydroxyl groups excluding tert-OH is 1. The lowest BCUT2D eigenvalue weighted by atomic mass is 10.3. The van der Waals surface area contributed by atoms with Gasteiger partial charge >= 0.3 is 0 Å². The Morgan fingerprint density at radius 1 is 1.20 bits per heavy atom. The van der Waals surface area contributed by atoms with Gasteiger partial charge in [-0.1, -0.05) is 0 Å². The lowest BCUT2D eigenvalue weighted by molar-refractivity contribution is 0.180. The van der Waals surface area contributed by atoms with Crippen molar-refractivity contribution in [2.24, 2.45) is 0 Å². The van der Waals surface area contributed by atoms with Crippen molar-refractivity contribution in [2.75, 3.05) is 44.3 Å². The normalized spacial score (nSPS) is 17.4. The standard InChI is InChI=1S/C11H17N3O5S/c15-8-7-12-3-5-13(6-4-12)14-2-1-10(9-11(14)16)20(17,18)19/h1-2,9,15H,3-8H2,(H,17,18,19). The molecule has 2 heterocycles. The van der Waals surface area contributed by atoms with Gasteiger partial charge in [-0.25, -0.2) is 4.68 Å². The molecular formula is C11H17N3O5S. The fourth-order valence-electron chi connectivity index (χ4n) is 2.17. The Morgan fingerprint density at radius 3 is 2.35 bits per heavy atom. The van der Waals surface area contributed by atoms with Crippen molar-refractivity contribution in [3.05, 3.63) is 28.7 Å². The minimum Gasteiger partial charge on any atom is -0.395 e. The number of rotatable bonds is 4. The number of β-amino-alcohol motifs (C(OH)–C–C–N with tert-alkyl or cyclic N) is 1. The Balaban J connectivity index is 2.13. The van der Waals surface area contributed by atoms with Gasteiger partial charge in [-0.3, -0.25) is 14.2 Å². The maximum atomic E-state index is 11.9. The van der Waals surface area contributed by atoms with E-state index in [-0.39, 0.29) is 6.61 Å². The number of aliphatic hydroxyl groups is 1. The van der Waals surface area contributed by atoms with Gasteiger partial charge in [0.15, 0.2) is 0 Å². The summed E-state index contributed by atoms with van der Waals surface area (Å²) in [5.74, 6) is 0. The molecule has 0 bridgehead atoms. The fourth-order valence-corrected chi connectivity index (χ4v) is 2.65. The van der Waals surface area contributed by atoms with Gasteiger partial charge in [0, 0.05) is 45.0 Å². The van der Waals surface area contributed by atoms with Gasteiger partial charge < -0.3 is 10.1 Å². The first-order valence-corrected chi connectivity index (χ1v) is 7.64. The Hall–Kier alpha value is -1.42. The maximum absolute atomic E-state index is 11.9. The third-order valence-electron chi connectivity index (χ3n) is 3.24. The summed E-state index contributed by atoms with van der Waals surface area (Å²) in [6, 6.07) is 2.09. The Morgan fingerprint density at radius 2 is 1.85 bits per heavy atom. The predicted octanol–water partition coefficient (Wildman–Crippen LogP) is -1.66. The predicted molar refractivity (Wildman–Crippen MR) is 72.0 cm³/mol. The van der Waals surface area contributed by atoms with Crippen LogP contribution < -0.4 is 10.6 Å². The first-order chi connectivity index (χ1) is 9.41. The Labute approximate surface area is 116 Å². The van der Waals surface area contributed by atoms with Crippen molar-refractivity contribution in [1.82, 2.24) is 9.58 Å². The smallest absolute Gasteiger partial charge is 0.294 e. The molecule has 0 amide bonds. The average molecular weight is 303 g/mol. The highest BCUT2D eigenvalue weighted by Gasteiger charge is 2.18. The largest absolute Gasteiger partial charge is 0.395 e. The molecule has 0 spiro atoms. The van der Waals surface area contributed by atoms with E-state index in [9.17, 15) is 13.2 Å². The summed E-state index contributed by atoms with van der Waals surface area (Å²) in [5.41, 5.74) is -0.504. The minimum absolute atomic E-state index is 0.100. The second kappa shape index (κ2) is 5.92. The molecule has 1 aliphatic heterocycles. The first-order valence-electron chi connectivity index (χ1n) is 6.20. The van der Waals surface area contributed by atoms with Crippen LogP contribution in [0.2, 0.25) is 0 Å². The summed E-state index contributed by atoms with van der Waals surface area (Å²) in [7, 11) is -4.36. The van der Waals surface area contributed by atoms with Gasteiger partial charge in [0.25, 0.3) is 15.7 Å². The van der Waals surface area contributed by atoms with Crippen molar-refractivity contribution < 1.29 is 18.1 Å². The van der Waals surface area contributed by atoms with Gasteiger partial charge in [-0.2, -0.15) is 8.42 Å². The Kier molecular flexibility index (Phi) is 4.43. The molecule has 1 aliphatic rings. The summed E-state index contributed by atoms with van der Waals surface area (Å²) in [5, 5.41) is 10.7. The highest BCUT2D eigenvalue weighted by atomic mass is 32.2. The number of pyridine rings is 1. The molecule has 0 radical (unpaired) electrons. The molecule has 0 aromatic carbocycles. The maximum Gasteiger partial charge on any atom is 0.294 e. The molecule has 1 fully saturated rings. The number of hydrogen-bond acceptors (Lipinski definition) is 6. The molecule has 1 aromatic heterocycles. The lowest BCUT2D eigenvalue weighted by Crippen LogP contribution is -2.54. The monoisotopic (exact) mass is 303 g/mol. The molecule has 8 nitrogen and oxygen atoms in total. The van der Waals surface area contributed by atoms with Gasteiger partial charge in [-0.05, 0) is 6.07 Å². The van der Waals surface area contributed by atoms with E-state index in [2.05, 4.69) is 4.90 Å². The van der Waals surface area contributed by atoms with E-state index in [4.69, 9.17) is 9.66 Å². The highest BCUT2D eigenvalue weighted by Crippen LogP contribution is 2.05. The molecule has 0 saturated carbocycles. The van der Waals surface area contributed by atoms with E-state index in [1.807, 2.05) is 0 Å². The summed E-state index contributed by atoms with van der Waals surface area (Å²) in [4.78, 5) is 13.6. The van der Waals surface area contributed by atoms with Crippen LogP contribution >= 0.6 is 0 Å². The van der Waals surface area contributed by atoms with E-state index < -0.39 is 20.6 Å². The molecule has 0 atom stereocenters. The third kappa shape index (κ3) is 3.37. The zero-order valence-electron chi connectivity index (χ0n) is 10.8. The van der Waals surface area contributed by atoms with Crippen LogP contribution in [0.25, 0.3) is 0 Å². The lowest BCUT2D eigenvalue weighted by Gasteiger charge is -2.36. The average Bonchev–Trinajstić information content (AvgIpc) is 2.39. The molecule has 2 rings (SSSR count). The second-order valence-electron chi connectivity index (χ2n) is 4.54. The summed E-state index contributed by atoms with van der Waals surface area (Å²) in [6.45, 7) is 3.34. The van der Waals surface area contributed by atoms with Crippen LogP contribution in [0.5, 0.6) is 0 Å². The van der Waals surface area contributed by atoms with E-state index in [0.29, 0.717) is 32.7 Å². The van der Waals surface area contributed by atoms with Crippen LogP contribution in [-0.2, 0) is 10.1 Å². The molecule has 20 heavy (non-hydrogen) atoms. The topological polar surface area (TPSA) is 103 Å². The molecule has 0 unspecified atom stereocenters. The SMILES string of the molecule is O=c1cc(S(=O)(=O)O)ccn1N1CCN(CCO)CC1. The van der Waals surface area contributed by atoms with Crippen molar-refractivity contribution in [2.45, 2.75) is 4.90 Å². The van der Waals surface area contributed by atoms with Gasteiger partial charge in [0.05, 0.1) is 6.61 Å². The van der Waals surface area contributed by atoms with Gasteiger partial charge in [0.2, 0.25) is 0 Å². The molecule has 1 aromatic rings. The van der Waals surface area contributed by atoms with Crippen LogP contribution in [0.3, 0.4) is 0 Å². The quantitative estimate of drug-likeness (QED) is 0.642. The van der Waals surface area contributed by atoms with E-state index in [1.165, 1.54) is 16.9 Å². The molecule has 1 saturated heterocycles. The first kappa shape index (κ1) is 15.0. The zero-order valence-corrected chi connectivity index (χ0v) is 11.7. The van der Waals surface area contributed by atoms with Crippen LogP contribution in [0.15, 0.2) is 28.0 Å². The second-order valence-corrected chi connectivity index (χ2v) is 5.96. The number of nitrogens with zero attached hydrogens (tertiary/aromatic N) is 3. The third-order valence-corrected chi connectivity index (χ3v) is 4.09. The van der Waals surface area contributed by atoms with E-state index in [1.54, 1.807) is 5.01 Å². The van der Waals surface area contributed by atoms with E-state index in [0.717, 1.165) is 6.07 Å². The van der Waals surface area contributed by atoms with Crippen LogP contribution in [0.4, 0.5) is 0 Å². The van der Waals surface area contributed by atoms with Crippen molar-refractivity contribution in [3.8, 4) is 0 Å². The molecule has 0 aliphatic carbocycles. The van der Waals surface area contributed by atoms with Gasteiger partial charge in [-0.15, -0.1) is 0 Å². The Bertz CT molecular complexity index is 619. The zero-order chi connectivity index (χ0) is 14.8. The fraction of sp³-hybridized carbons (Fsp3) is 0.545.